The molecule has 1 N–H and O–H groups in total. The predicted molar refractivity (Wildman–Crippen MR) is 107 cm³/mol. The van der Waals surface area contributed by atoms with Crippen molar-refractivity contribution in [3.8, 4) is 17.1 Å². The molecule has 3 aromatic rings. The van der Waals surface area contributed by atoms with E-state index in [1.807, 2.05) is 24.3 Å². The van der Waals surface area contributed by atoms with Crippen molar-refractivity contribution < 1.29 is 18.8 Å². The van der Waals surface area contributed by atoms with E-state index < -0.39 is 5.92 Å². The van der Waals surface area contributed by atoms with Crippen LogP contribution in [0.15, 0.2) is 53.1 Å². The van der Waals surface area contributed by atoms with Gasteiger partial charge in [-0.05, 0) is 24.3 Å². The minimum Gasteiger partial charge on any atom is -0.497 e. The summed E-state index contributed by atoms with van der Waals surface area (Å²) in [4.78, 5) is 31.1. The molecule has 2 aromatic carbocycles. The third kappa shape index (κ3) is 3.96. The second-order valence-corrected chi connectivity index (χ2v) is 6.81. The number of benzene rings is 2. The number of rotatable bonds is 5. The van der Waals surface area contributed by atoms with Gasteiger partial charge in [-0.15, -0.1) is 0 Å². The number of aromatic nitrogens is 2. The third-order valence-corrected chi connectivity index (χ3v) is 4.78. The fourth-order valence-electron chi connectivity index (χ4n) is 3.31. The molecule has 1 aliphatic heterocycles. The Morgan fingerprint density at radius 1 is 1.24 bits per heavy atom. The summed E-state index contributed by atoms with van der Waals surface area (Å²) in [5.74, 6) is 0.849. The average Bonchev–Trinajstić information content (AvgIpc) is 3.34. The van der Waals surface area contributed by atoms with Gasteiger partial charge in [0.1, 0.15) is 5.75 Å². The standard InChI is InChI=1S/C21H20N4O4/c1-13-22-20(24-29-13)14-5-3-7-17(9-14)25-12-15(10-19(25)26)21(27)23-16-6-4-8-18(11-16)28-2/h3-9,11,15H,10,12H2,1-2H3,(H,23,27)/t15-/m0/s1. The summed E-state index contributed by atoms with van der Waals surface area (Å²) in [5.41, 5.74) is 2.08. The highest BCUT2D eigenvalue weighted by Crippen LogP contribution is 2.29. The van der Waals surface area contributed by atoms with Gasteiger partial charge in [0, 0.05) is 42.9 Å². The van der Waals surface area contributed by atoms with E-state index in [2.05, 4.69) is 15.5 Å². The van der Waals surface area contributed by atoms with Crippen molar-refractivity contribution in [2.75, 3.05) is 23.9 Å². The molecule has 1 aromatic heterocycles. The van der Waals surface area contributed by atoms with Crippen LogP contribution in [0.2, 0.25) is 0 Å². The number of anilines is 2. The van der Waals surface area contributed by atoms with Gasteiger partial charge >= 0.3 is 0 Å². The molecular weight excluding hydrogens is 372 g/mol. The van der Waals surface area contributed by atoms with Gasteiger partial charge in [0.05, 0.1) is 13.0 Å². The molecule has 8 nitrogen and oxygen atoms in total. The second-order valence-electron chi connectivity index (χ2n) is 6.81. The zero-order chi connectivity index (χ0) is 20.4. The van der Waals surface area contributed by atoms with Crippen molar-refractivity contribution >= 4 is 23.2 Å². The number of amides is 2. The van der Waals surface area contributed by atoms with Crippen molar-refractivity contribution in [2.45, 2.75) is 13.3 Å². The first kappa shape index (κ1) is 18.7. The summed E-state index contributed by atoms with van der Waals surface area (Å²) < 4.78 is 10.2. The molecule has 1 saturated heterocycles. The number of ether oxygens (including phenoxy) is 1. The van der Waals surface area contributed by atoms with Crippen LogP contribution in [-0.4, -0.2) is 35.6 Å². The molecule has 0 saturated carbocycles. The lowest BCUT2D eigenvalue weighted by molar-refractivity contribution is -0.122. The molecule has 1 atom stereocenters. The number of hydrogen-bond acceptors (Lipinski definition) is 6. The van der Waals surface area contributed by atoms with Crippen molar-refractivity contribution in [3.05, 3.63) is 54.4 Å². The van der Waals surface area contributed by atoms with Gasteiger partial charge in [-0.3, -0.25) is 9.59 Å². The molecule has 0 unspecified atom stereocenters. The Bertz CT molecular complexity index is 1060. The maximum absolute atomic E-state index is 12.7. The lowest BCUT2D eigenvalue weighted by Gasteiger charge is -2.17. The summed E-state index contributed by atoms with van der Waals surface area (Å²) >= 11 is 0. The van der Waals surface area contributed by atoms with Crippen LogP contribution in [-0.2, 0) is 9.59 Å². The summed E-state index contributed by atoms with van der Waals surface area (Å²) in [6.45, 7) is 2.03. The number of aryl methyl sites for hydroxylation is 1. The zero-order valence-corrected chi connectivity index (χ0v) is 16.1. The van der Waals surface area contributed by atoms with Crippen molar-refractivity contribution in [2.24, 2.45) is 5.92 Å². The summed E-state index contributed by atoms with van der Waals surface area (Å²) in [7, 11) is 1.57. The molecule has 1 aliphatic rings. The van der Waals surface area contributed by atoms with Gasteiger partial charge in [0.15, 0.2) is 0 Å². The maximum atomic E-state index is 12.7. The minimum atomic E-state index is -0.440. The van der Waals surface area contributed by atoms with Gasteiger partial charge in [-0.2, -0.15) is 4.98 Å². The summed E-state index contributed by atoms with van der Waals surface area (Å²) in [6.07, 6.45) is 0.154. The Balaban J connectivity index is 1.48. The lowest BCUT2D eigenvalue weighted by atomic mass is 10.1. The third-order valence-electron chi connectivity index (χ3n) is 4.78. The molecule has 148 valence electrons. The van der Waals surface area contributed by atoms with E-state index in [1.54, 1.807) is 43.2 Å². The van der Waals surface area contributed by atoms with Crippen LogP contribution >= 0.6 is 0 Å². The number of hydrogen-bond donors (Lipinski definition) is 1. The molecule has 0 radical (unpaired) electrons. The van der Waals surface area contributed by atoms with E-state index in [4.69, 9.17) is 9.26 Å². The fourth-order valence-corrected chi connectivity index (χ4v) is 3.31. The van der Waals surface area contributed by atoms with Crippen LogP contribution in [0.25, 0.3) is 11.4 Å². The number of nitrogens with one attached hydrogen (secondary N) is 1. The normalized spacial score (nSPS) is 16.1. The topological polar surface area (TPSA) is 97.6 Å². The Kier molecular flexibility index (Phi) is 4.99. The van der Waals surface area contributed by atoms with Crippen LogP contribution in [0.4, 0.5) is 11.4 Å². The molecule has 1 fully saturated rings. The van der Waals surface area contributed by atoms with Crippen LogP contribution in [0.5, 0.6) is 5.75 Å². The van der Waals surface area contributed by atoms with Gasteiger partial charge in [0.2, 0.25) is 23.5 Å². The monoisotopic (exact) mass is 392 g/mol. The molecular formula is C21H20N4O4. The number of methoxy groups -OCH3 is 1. The van der Waals surface area contributed by atoms with Gasteiger partial charge in [-0.25, -0.2) is 0 Å². The number of carbonyl (C=O) groups is 2. The Morgan fingerprint density at radius 3 is 2.83 bits per heavy atom. The summed E-state index contributed by atoms with van der Waals surface area (Å²) in [6, 6.07) is 14.4. The molecule has 2 amide bonds. The van der Waals surface area contributed by atoms with Crippen LogP contribution in [0.3, 0.4) is 0 Å². The minimum absolute atomic E-state index is 0.0998. The molecule has 8 heteroatoms. The van der Waals surface area contributed by atoms with Gasteiger partial charge in [-0.1, -0.05) is 23.4 Å². The van der Waals surface area contributed by atoms with Crippen LogP contribution in [0, 0.1) is 12.8 Å². The van der Waals surface area contributed by atoms with Crippen molar-refractivity contribution in [3.63, 3.8) is 0 Å². The highest BCUT2D eigenvalue weighted by atomic mass is 16.5. The predicted octanol–water partition coefficient (Wildman–Crippen LogP) is 3.05. The van der Waals surface area contributed by atoms with Gasteiger partial charge < -0.3 is 19.5 Å². The first-order valence-corrected chi connectivity index (χ1v) is 9.19. The SMILES string of the molecule is COc1cccc(NC(=O)[C@H]2CC(=O)N(c3cccc(-c4noc(C)n4)c3)C2)c1. The van der Waals surface area contributed by atoms with Crippen molar-refractivity contribution in [1.82, 2.24) is 10.1 Å². The van der Waals surface area contributed by atoms with Gasteiger partial charge in [0.25, 0.3) is 0 Å². The Hall–Kier alpha value is -3.68. The Morgan fingerprint density at radius 2 is 2.07 bits per heavy atom. The van der Waals surface area contributed by atoms with E-state index in [9.17, 15) is 9.59 Å². The number of nitrogens with zero attached hydrogens (tertiary/aromatic N) is 3. The van der Waals surface area contributed by atoms with Crippen LogP contribution in [0.1, 0.15) is 12.3 Å². The highest BCUT2D eigenvalue weighted by Gasteiger charge is 2.35. The molecule has 29 heavy (non-hydrogen) atoms. The second kappa shape index (κ2) is 7.75. The maximum Gasteiger partial charge on any atom is 0.229 e. The number of carbonyl (C=O) groups excluding carboxylic acids is 2. The quantitative estimate of drug-likeness (QED) is 0.717. The smallest absolute Gasteiger partial charge is 0.229 e. The Labute approximate surface area is 167 Å². The molecule has 0 spiro atoms. The molecule has 0 bridgehead atoms. The van der Waals surface area contributed by atoms with Crippen LogP contribution < -0.4 is 15.0 Å². The average molecular weight is 392 g/mol. The van der Waals surface area contributed by atoms with E-state index >= 15 is 0 Å². The van der Waals surface area contributed by atoms with Crippen molar-refractivity contribution in [1.29, 1.82) is 0 Å². The first-order valence-electron chi connectivity index (χ1n) is 9.19. The summed E-state index contributed by atoms with van der Waals surface area (Å²) in [5, 5.41) is 6.77. The molecule has 2 heterocycles. The molecule has 4 rings (SSSR count). The zero-order valence-electron chi connectivity index (χ0n) is 16.1. The van der Waals surface area contributed by atoms with E-state index in [0.717, 1.165) is 5.56 Å². The first-order chi connectivity index (χ1) is 14.0. The van der Waals surface area contributed by atoms with E-state index in [-0.39, 0.29) is 18.2 Å². The highest BCUT2D eigenvalue weighted by molar-refractivity contribution is 6.03. The van der Waals surface area contributed by atoms with E-state index in [0.29, 0.717) is 35.4 Å². The largest absolute Gasteiger partial charge is 0.497 e. The van der Waals surface area contributed by atoms with E-state index in [1.165, 1.54) is 0 Å². The fraction of sp³-hybridized carbons (Fsp3) is 0.238. The molecule has 0 aliphatic carbocycles. The lowest BCUT2D eigenvalue weighted by Crippen LogP contribution is -2.28.